The summed E-state index contributed by atoms with van der Waals surface area (Å²) in [4.78, 5) is 0. The van der Waals surface area contributed by atoms with Gasteiger partial charge in [0.05, 0.1) is 0 Å². The molecule has 2 nitrogen and oxygen atoms in total. The number of unbranched alkanes of at least 4 members (excludes halogenated alkanes) is 1. The average molecular weight is 210 g/mol. The molecule has 4 unspecified atom stereocenters. The second-order valence-corrected chi connectivity index (χ2v) is 5.01. The van der Waals surface area contributed by atoms with Crippen LogP contribution in [0.3, 0.4) is 0 Å². The van der Waals surface area contributed by atoms with E-state index in [1.807, 2.05) is 0 Å². The zero-order valence-corrected chi connectivity index (χ0v) is 9.31. The third kappa shape index (κ3) is 2.26. The quantitative estimate of drug-likeness (QED) is 0.520. The highest BCUT2D eigenvalue weighted by molar-refractivity contribution is 5.13. The summed E-state index contributed by atoms with van der Waals surface area (Å²) in [6.07, 6.45) is 10.3. The third-order valence-electron chi connectivity index (χ3n) is 4.21. The Balaban J connectivity index is 1.87. The lowest BCUT2D eigenvalue weighted by molar-refractivity contribution is 0.196. The van der Waals surface area contributed by atoms with E-state index >= 15 is 0 Å². The smallest absolute Gasteiger partial charge is 0.0433 e. The Bertz CT molecular complexity index is 225. The number of fused-ring (bicyclic) bond motifs is 2. The Morgan fingerprint density at radius 2 is 1.53 bits per heavy atom. The van der Waals surface area contributed by atoms with E-state index in [4.69, 9.17) is 10.2 Å². The topological polar surface area (TPSA) is 40.5 Å². The number of hydrogen-bond acceptors (Lipinski definition) is 2. The maximum Gasteiger partial charge on any atom is 0.0433 e. The van der Waals surface area contributed by atoms with Crippen molar-refractivity contribution in [2.75, 3.05) is 13.2 Å². The monoisotopic (exact) mass is 210 g/mol. The van der Waals surface area contributed by atoms with Gasteiger partial charge in [-0.05, 0) is 49.4 Å². The summed E-state index contributed by atoms with van der Waals surface area (Å²) in [5.74, 6) is 2.99. The molecule has 1 fully saturated rings. The van der Waals surface area contributed by atoms with Gasteiger partial charge in [-0.3, -0.25) is 0 Å². The average Bonchev–Trinajstić information content (AvgIpc) is 2.81. The lowest BCUT2D eigenvalue weighted by Crippen LogP contribution is -2.20. The van der Waals surface area contributed by atoms with E-state index in [0.29, 0.717) is 19.1 Å². The zero-order chi connectivity index (χ0) is 10.7. The highest BCUT2D eigenvalue weighted by atomic mass is 16.3. The van der Waals surface area contributed by atoms with Crippen LogP contribution in [0, 0.1) is 23.7 Å². The predicted octanol–water partition coefficient (Wildman–Crippen LogP) is 1.97. The van der Waals surface area contributed by atoms with Crippen LogP contribution in [0.2, 0.25) is 0 Å². The highest BCUT2D eigenvalue weighted by Crippen LogP contribution is 2.51. The molecule has 0 aromatic rings. The first-order chi connectivity index (χ1) is 7.36. The van der Waals surface area contributed by atoms with Crippen LogP contribution in [0.4, 0.5) is 0 Å². The molecular weight excluding hydrogens is 188 g/mol. The molecule has 2 rings (SSSR count). The maximum atomic E-state index is 9.08. The van der Waals surface area contributed by atoms with Gasteiger partial charge in [0.15, 0.2) is 0 Å². The Morgan fingerprint density at radius 1 is 0.867 bits per heavy atom. The largest absolute Gasteiger partial charge is 0.396 e. The van der Waals surface area contributed by atoms with E-state index < -0.39 is 0 Å². The van der Waals surface area contributed by atoms with Crippen LogP contribution in [0.5, 0.6) is 0 Å². The molecule has 15 heavy (non-hydrogen) atoms. The number of aliphatic hydroxyl groups excluding tert-OH is 2. The van der Waals surface area contributed by atoms with E-state index in [1.54, 1.807) is 0 Å². The summed E-state index contributed by atoms with van der Waals surface area (Å²) in [6, 6.07) is 0. The SMILES string of the molecule is OCCCCC1C2C=CC(C2)C1CCO. The fourth-order valence-corrected chi connectivity index (χ4v) is 3.52. The molecule has 2 bridgehead atoms. The molecule has 0 aliphatic heterocycles. The number of allylic oxidation sites excluding steroid dienone is 2. The van der Waals surface area contributed by atoms with Crippen LogP contribution in [0.1, 0.15) is 32.1 Å². The molecule has 0 spiro atoms. The third-order valence-corrected chi connectivity index (χ3v) is 4.21. The molecule has 0 radical (unpaired) electrons. The van der Waals surface area contributed by atoms with Crippen LogP contribution in [-0.4, -0.2) is 23.4 Å². The van der Waals surface area contributed by atoms with Gasteiger partial charge in [0.1, 0.15) is 0 Å². The summed E-state index contributed by atoms with van der Waals surface area (Å²) in [5, 5.41) is 17.9. The molecule has 0 heterocycles. The molecule has 0 saturated heterocycles. The van der Waals surface area contributed by atoms with Gasteiger partial charge in [-0.25, -0.2) is 0 Å². The minimum Gasteiger partial charge on any atom is -0.396 e. The first-order valence-electron chi connectivity index (χ1n) is 6.27. The Morgan fingerprint density at radius 3 is 2.13 bits per heavy atom. The van der Waals surface area contributed by atoms with Gasteiger partial charge >= 0.3 is 0 Å². The molecule has 2 N–H and O–H groups in total. The van der Waals surface area contributed by atoms with E-state index in [1.165, 1.54) is 12.8 Å². The number of hydrogen-bond donors (Lipinski definition) is 2. The van der Waals surface area contributed by atoms with Crippen molar-refractivity contribution < 1.29 is 10.2 Å². The van der Waals surface area contributed by atoms with E-state index in [-0.39, 0.29) is 0 Å². The van der Waals surface area contributed by atoms with Crippen molar-refractivity contribution in [3.05, 3.63) is 12.2 Å². The Labute approximate surface area is 92.0 Å². The predicted molar refractivity (Wildman–Crippen MR) is 60.4 cm³/mol. The van der Waals surface area contributed by atoms with Crippen molar-refractivity contribution in [2.45, 2.75) is 32.1 Å². The fourth-order valence-electron chi connectivity index (χ4n) is 3.52. The second kappa shape index (κ2) is 5.13. The number of rotatable bonds is 6. The summed E-state index contributed by atoms with van der Waals surface area (Å²) >= 11 is 0. The molecular formula is C13H22O2. The second-order valence-electron chi connectivity index (χ2n) is 5.01. The minimum absolute atomic E-state index is 0.321. The van der Waals surface area contributed by atoms with Crippen LogP contribution in [-0.2, 0) is 0 Å². The van der Waals surface area contributed by atoms with Gasteiger partial charge in [-0.1, -0.05) is 18.6 Å². The van der Waals surface area contributed by atoms with Gasteiger partial charge in [0.2, 0.25) is 0 Å². The lowest BCUT2D eigenvalue weighted by Gasteiger charge is -2.27. The van der Waals surface area contributed by atoms with E-state index in [2.05, 4.69) is 12.2 Å². The molecule has 4 atom stereocenters. The maximum absolute atomic E-state index is 9.08. The number of aliphatic hydroxyl groups is 2. The molecule has 2 heteroatoms. The van der Waals surface area contributed by atoms with Crippen molar-refractivity contribution in [1.29, 1.82) is 0 Å². The zero-order valence-electron chi connectivity index (χ0n) is 9.31. The minimum atomic E-state index is 0.321. The fraction of sp³-hybridized carbons (Fsp3) is 0.846. The van der Waals surface area contributed by atoms with Crippen LogP contribution in [0.25, 0.3) is 0 Å². The molecule has 2 aliphatic carbocycles. The van der Waals surface area contributed by atoms with Crippen molar-refractivity contribution in [1.82, 2.24) is 0 Å². The van der Waals surface area contributed by atoms with Crippen LogP contribution in [0.15, 0.2) is 12.2 Å². The van der Waals surface area contributed by atoms with E-state index in [0.717, 1.165) is 37.0 Å². The van der Waals surface area contributed by atoms with Gasteiger partial charge in [-0.15, -0.1) is 0 Å². The van der Waals surface area contributed by atoms with Gasteiger partial charge in [-0.2, -0.15) is 0 Å². The molecule has 2 aliphatic rings. The Hall–Kier alpha value is -0.340. The Kier molecular flexibility index (Phi) is 3.81. The molecule has 0 aromatic heterocycles. The van der Waals surface area contributed by atoms with Gasteiger partial charge in [0.25, 0.3) is 0 Å². The normalized spacial score (nSPS) is 37.7. The first kappa shape index (κ1) is 11.2. The van der Waals surface area contributed by atoms with Crippen molar-refractivity contribution in [3.63, 3.8) is 0 Å². The van der Waals surface area contributed by atoms with Gasteiger partial charge < -0.3 is 10.2 Å². The standard InChI is InChI=1S/C13H22O2/c14-7-2-1-3-12-10-4-5-11(9-10)13(12)6-8-15/h4-5,10-15H,1-3,6-9H2. The summed E-state index contributed by atoms with van der Waals surface area (Å²) in [6.45, 7) is 0.652. The molecule has 0 amide bonds. The van der Waals surface area contributed by atoms with Crippen molar-refractivity contribution in [3.8, 4) is 0 Å². The first-order valence-corrected chi connectivity index (χ1v) is 6.27. The molecule has 0 aromatic carbocycles. The van der Waals surface area contributed by atoms with Gasteiger partial charge in [0, 0.05) is 13.2 Å². The van der Waals surface area contributed by atoms with Crippen LogP contribution < -0.4 is 0 Å². The van der Waals surface area contributed by atoms with Crippen LogP contribution >= 0.6 is 0 Å². The van der Waals surface area contributed by atoms with Crippen molar-refractivity contribution in [2.24, 2.45) is 23.7 Å². The summed E-state index contributed by atoms with van der Waals surface area (Å²) in [7, 11) is 0. The summed E-state index contributed by atoms with van der Waals surface area (Å²) in [5.41, 5.74) is 0. The molecule has 86 valence electrons. The highest BCUT2D eigenvalue weighted by Gasteiger charge is 2.43. The summed E-state index contributed by atoms with van der Waals surface area (Å²) < 4.78 is 0. The lowest BCUT2D eigenvalue weighted by atomic mass is 9.78. The van der Waals surface area contributed by atoms with E-state index in [9.17, 15) is 0 Å². The molecule has 1 saturated carbocycles. The van der Waals surface area contributed by atoms with Crippen molar-refractivity contribution >= 4 is 0 Å².